The highest BCUT2D eigenvalue weighted by atomic mass is 16.5. The quantitative estimate of drug-likeness (QED) is 0.677. The fourth-order valence-electron chi connectivity index (χ4n) is 3.60. The largest absolute Gasteiger partial charge is 0.496 e. The Bertz CT molecular complexity index is 942. The number of likely N-dealkylation sites (tertiary alicyclic amines) is 1. The molecule has 1 aromatic carbocycles. The number of piperidine rings is 1. The fraction of sp³-hybridized carbons (Fsp3) is 0.333. The number of amides is 1. The molecular weight excluding hydrogens is 356 g/mol. The lowest BCUT2D eigenvalue weighted by Gasteiger charge is -2.33. The van der Waals surface area contributed by atoms with E-state index in [0.717, 1.165) is 36.3 Å². The Balaban J connectivity index is 1.55. The Labute approximate surface area is 163 Å². The van der Waals surface area contributed by atoms with Crippen LogP contribution in [0.5, 0.6) is 5.75 Å². The van der Waals surface area contributed by atoms with Gasteiger partial charge in [-0.2, -0.15) is 0 Å². The summed E-state index contributed by atoms with van der Waals surface area (Å²) in [6.07, 6.45) is 9.66. The van der Waals surface area contributed by atoms with E-state index in [9.17, 15) is 4.79 Å². The molecule has 28 heavy (non-hydrogen) atoms. The summed E-state index contributed by atoms with van der Waals surface area (Å²) in [7, 11) is 1.66. The van der Waals surface area contributed by atoms with Gasteiger partial charge < -0.3 is 14.1 Å². The van der Waals surface area contributed by atoms with Crippen LogP contribution in [0.4, 0.5) is 0 Å². The van der Waals surface area contributed by atoms with Gasteiger partial charge in [-0.3, -0.25) is 4.79 Å². The second kappa shape index (κ2) is 8.21. The molecule has 7 nitrogen and oxygen atoms in total. The van der Waals surface area contributed by atoms with Gasteiger partial charge in [-0.15, -0.1) is 0 Å². The zero-order valence-corrected chi connectivity index (χ0v) is 15.7. The highest BCUT2D eigenvalue weighted by molar-refractivity contribution is 5.93. The molecule has 3 heterocycles. The van der Waals surface area contributed by atoms with Gasteiger partial charge in [0.25, 0.3) is 5.91 Å². The van der Waals surface area contributed by atoms with Gasteiger partial charge in [-0.25, -0.2) is 15.0 Å². The number of carbonyl (C=O) groups is 1. The van der Waals surface area contributed by atoms with Crippen molar-refractivity contribution < 1.29 is 13.9 Å². The number of hydrogen-bond donors (Lipinski definition) is 0. The smallest absolute Gasteiger partial charge is 0.257 e. The molecule has 0 aliphatic carbocycles. The highest BCUT2D eigenvalue weighted by Gasteiger charge is 2.32. The Morgan fingerprint density at radius 3 is 2.86 bits per heavy atom. The first-order valence-corrected chi connectivity index (χ1v) is 9.38. The predicted molar refractivity (Wildman–Crippen MR) is 102 cm³/mol. The van der Waals surface area contributed by atoms with Crippen LogP contribution in [0.25, 0.3) is 0 Å². The third kappa shape index (κ3) is 3.74. The van der Waals surface area contributed by atoms with Gasteiger partial charge in [0, 0.05) is 30.9 Å². The standard InChI is InChI=1S/C21H22N4O3/c1-27-19-8-3-2-6-15(19)10-17-13-24-20(28-17)18-7-4-5-9-25(18)21(26)16-11-22-14-23-12-16/h2-3,6,8,11-14,18H,4-5,7,9-10H2,1H3/t18-/m0/s1. The summed E-state index contributed by atoms with van der Waals surface area (Å²) in [5.41, 5.74) is 1.51. The van der Waals surface area contributed by atoms with Crippen molar-refractivity contribution in [1.82, 2.24) is 19.9 Å². The first-order chi connectivity index (χ1) is 13.8. The van der Waals surface area contributed by atoms with Crippen LogP contribution in [0.15, 0.2) is 53.6 Å². The molecule has 0 saturated carbocycles. The predicted octanol–water partition coefficient (Wildman–Crippen LogP) is 3.43. The first-order valence-electron chi connectivity index (χ1n) is 9.38. The number of benzene rings is 1. The van der Waals surface area contributed by atoms with Gasteiger partial charge >= 0.3 is 0 Å². The second-order valence-corrected chi connectivity index (χ2v) is 6.79. The molecule has 1 saturated heterocycles. The molecule has 1 aliphatic rings. The van der Waals surface area contributed by atoms with Crippen molar-refractivity contribution >= 4 is 5.91 Å². The van der Waals surface area contributed by atoms with Crippen molar-refractivity contribution in [3.63, 3.8) is 0 Å². The third-order valence-corrected chi connectivity index (χ3v) is 4.98. The summed E-state index contributed by atoms with van der Waals surface area (Å²) >= 11 is 0. The highest BCUT2D eigenvalue weighted by Crippen LogP contribution is 2.32. The van der Waals surface area contributed by atoms with Crippen LogP contribution in [0.3, 0.4) is 0 Å². The van der Waals surface area contributed by atoms with Gasteiger partial charge in [-0.1, -0.05) is 18.2 Å². The normalized spacial score (nSPS) is 16.8. The number of methoxy groups -OCH3 is 1. The Morgan fingerprint density at radius 2 is 2.04 bits per heavy atom. The van der Waals surface area contributed by atoms with E-state index in [1.807, 2.05) is 29.2 Å². The number of ether oxygens (including phenoxy) is 1. The molecule has 2 aromatic heterocycles. The van der Waals surface area contributed by atoms with Crippen LogP contribution in [-0.4, -0.2) is 39.4 Å². The molecule has 1 aliphatic heterocycles. The molecule has 1 amide bonds. The van der Waals surface area contributed by atoms with Crippen LogP contribution in [0.2, 0.25) is 0 Å². The summed E-state index contributed by atoms with van der Waals surface area (Å²) in [6.45, 7) is 0.669. The van der Waals surface area contributed by atoms with Gasteiger partial charge in [0.15, 0.2) is 0 Å². The third-order valence-electron chi connectivity index (χ3n) is 4.98. The van der Waals surface area contributed by atoms with E-state index in [0.29, 0.717) is 24.4 Å². The average Bonchev–Trinajstić information content (AvgIpc) is 3.22. The molecule has 1 atom stereocenters. The summed E-state index contributed by atoms with van der Waals surface area (Å²) < 4.78 is 11.5. The van der Waals surface area contributed by atoms with Crippen LogP contribution in [0.1, 0.15) is 52.9 Å². The topological polar surface area (TPSA) is 81.4 Å². The number of nitrogens with zero attached hydrogens (tertiary/aromatic N) is 4. The molecule has 3 aromatic rings. The van der Waals surface area contributed by atoms with Crippen LogP contribution in [-0.2, 0) is 6.42 Å². The number of hydrogen-bond acceptors (Lipinski definition) is 6. The summed E-state index contributed by atoms with van der Waals surface area (Å²) in [5.74, 6) is 2.06. The molecule has 4 rings (SSSR count). The minimum absolute atomic E-state index is 0.0882. The second-order valence-electron chi connectivity index (χ2n) is 6.79. The Hall–Kier alpha value is -3.22. The van der Waals surface area contributed by atoms with Gasteiger partial charge in [-0.05, 0) is 25.3 Å². The molecule has 0 spiro atoms. The molecule has 0 bridgehead atoms. The number of aromatic nitrogens is 3. The summed E-state index contributed by atoms with van der Waals surface area (Å²) in [4.78, 5) is 27.1. The van der Waals surface area contributed by atoms with Crippen molar-refractivity contribution in [1.29, 1.82) is 0 Å². The molecule has 0 N–H and O–H groups in total. The van der Waals surface area contributed by atoms with Crippen LogP contribution >= 0.6 is 0 Å². The van der Waals surface area contributed by atoms with Crippen molar-refractivity contribution in [3.8, 4) is 5.75 Å². The molecule has 0 unspecified atom stereocenters. The Kier molecular flexibility index (Phi) is 5.32. The van der Waals surface area contributed by atoms with Crippen LogP contribution in [0, 0.1) is 0 Å². The maximum Gasteiger partial charge on any atom is 0.257 e. The van der Waals surface area contributed by atoms with Crippen molar-refractivity contribution in [2.24, 2.45) is 0 Å². The molecule has 0 radical (unpaired) electrons. The Morgan fingerprint density at radius 1 is 1.21 bits per heavy atom. The summed E-state index contributed by atoms with van der Waals surface area (Å²) in [6, 6.07) is 7.67. The van der Waals surface area contributed by atoms with E-state index in [1.54, 1.807) is 25.7 Å². The van der Waals surface area contributed by atoms with Crippen molar-refractivity contribution in [2.75, 3.05) is 13.7 Å². The van der Waals surface area contributed by atoms with E-state index >= 15 is 0 Å². The van der Waals surface area contributed by atoms with Gasteiger partial charge in [0.2, 0.25) is 5.89 Å². The number of oxazole rings is 1. The average molecular weight is 378 g/mol. The number of carbonyl (C=O) groups excluding carboxylic acids is 1. The molecular formula is C21H22N4O3. The van der Waals surface area contributed by atoms with E-state index in [1.165, 1.54) is 6.33 Å². The maximum atomic E-state index is 12.9. The molecule has 7 heteroatoms. The number of para-hydroxylation sites is 1. The monoisotopic (exact) mass is 378 g/mol. The van der Waals surface area contributed by atoms with E-state index in [4.69, 9.17) is 9.15 Å². The molecule has 144 valence electrons. The lowest BCUT2D eigenvalue weighted by Crippen LogP contribution is -2.38. The van der Waals surface area contributed by atoms with E-state index in [2.05, 4.69) is 15.0 Å². The zero-order chi connectivity index (χ0) is 19.3. The van der Waals surface area contributed by atoms with E-state index in [-0.39, 0.29) is 11.9 Å². The van der Waals surface area contributed by atoms with Crippen molar-refractivity contribution in [2.45, 2.75) is 31.7 Å². The first kappa shape index (κ1) is 18.2. The fourth-order valence-corrected chi connectivity index (χ4v) is 3.60. The number of rotatable bonds is 5. The maximum absolute atomic E-state index is 12.9. The lowest BCUT2D eigenvalue weighted by atomic mass is 10.0. The minimum atomic E-state index is -0.173. The summed E-state index contributed by atoms with van der Waals surface area (Å²) in [5, 5.41) is 0. The lowest BCUT2D eigenvalue weighted by molar-refractivity contribution is 0.0569. The van der Waals surface area contributed by atoms with E-state index < -0.39 is 0 Å². The SMILES string of the molecule is COc1ccccc1Cc1cnc([C@@H]2CCCCN2C(=O)c2cncnc2)o1. The van der Waals surface area contributed by atoms with Gasteiger partial charge in [0.05, 0.1) is 18.9 Å². The molecule has 1 fully saturated rings. The zero-order valence-electron chi connectivity index (χ0n) is 15.7. The van der Waals surface area contributed by atoms with Gasteiger partial charge in [0.1, 0.15) is 23.9 Å². The minimum Gasteiger partial charge on any atom is -0.496 e. The van der Waals surface area contributed by atoms with Crippen molar-refractivity contribution in [3.05, 3.63) is 72.0 Å². The van der Waals surface area contributed by atoms with Crippen LogP contribution < -0.4 is 4.74 Å².